The summed E-state index contributed by atoms with van der Waals surface area (Å²) in [6.07, 6.45) is 17.1. The number of hydrogen-bond donors (Lipinski definition) is 3. The van der Waals surface area contributed by atoms with E-state index in [2.05, 4.69) is 96.3 Å². The number of allylic oxidation sites excluding steroid dienone is 2. The highest BCUT2D eigenvalue weighted by atomic mass is 16.5. The summed E-state index contributed by atoms with van der Waals surface area (Å²) in [5.74, 6) is 0.828. The zero-order valence-corrected chi connectivity index (χ0v) is 43.7. The van der Waals surface area contributed by atoms with Crippen LogP contribution in [0.15, 0.2) is 36.4 Å². The third-order valence-corrected chi connectivity index (χ3v) is 14.5. The number of nitrogens with one attached hydrogen (secondary N) is 3. The molecule has 0 spiro atoms. The molecule has 1 amide bonds. The van der Waals surface area contributed by atoms with Gasteiger partial charge in [0, 0.05) is 63.7 Å². The van der Waals surface area contributed by atoms with Gasteiger partial charge in [-0.3, -0.25) is 19.4 Å². The lowest BCUT2D eigenvalue weighted by molar-refractivity contribution is -0.143. The van der Waals surface area contributed by atoms with Crippen LogP contribution in [0.2, 0.25) is 0 Å². The number of esters is 2. The molecule has 10 heteroatoms. The lowest BCUT2D eigenvalue weighted by Gasteiger charge is -2.18. The van der Waals surface area contributed by atoms with Gasteiger partial charge in [-0.25, -0.2) is 4.98 Å². The van der Waals surface area contributed by atoms with Gasteiger partial charge in [0.05, 0.1) is 36.2 Å². The van der Waals surface area contributed by atoms with E-state index in [1.54, 1.807) is 0 Å². The van der Waals surface area contributed by atoms with Crippen molar-refractivity contribution in [3.8, 4) is 0 Å². The standard InChI is InChI=1S/C58H83N5O5/c1-14-29-59-58(66)55-42(12)50-34-52-44(16-3)40(10)48(61-52)33-51-43(15-2)39(9)47(60-51)32-49-41(11)45(56(62-49)46(57(55)63-50)31-54(65)67-13)26-27-53(64)68-30-28-38(8)25-19-24-37(7)23-18-22-36(6)21-17-20-35(4)5/h15,28,32-37,41,45,60-61H,2,14,16-27,29-31H2,1,3-13H3,(H,59,66)/b38-28+,47-32?,48-33?,49-32?,50-34?,51-33?,52-34?,56-46?,57-46?. The molecule has 2 aliphatic rings. The van der Waals surface area contributed by atoms with E-state index in [-0.39, 0.29) is 43.2 Å². The highest BCUT2D eigenvalue weighted by Crippen LogP contribution is 2.44. The van der Waals surface area contributed by atoms with Gasteiger partial charge in [-0.05, 0) is 124 Å². The topological polar surface area (TPSA) is 139 Å². The Bertz CT molecular complexity index is 2500. The van der Waals surface area contributed by atoms with Crippen molar-refractivity contribution in [2.75, 3.05) is 20.3 Å². The Morgan fingerprint density at radius 2 is 1.49 bits per heavy atom. The van der Waals surface area contributed by atoms with Gasteiger partial charge in [-0.1, -0.05) is 112 Å². The van der Waals surface area contributed by atoms with E-state index >= 15 is 0 Å². The first-order valence-electron chi connectivity index (χ1n) is 25.8. The van der Waals surface area contributed by atoms with Gasteiger partial charge in [0.25, 0.3) is 5.91 Å². The lowest BCUT2D eigenvalue weighted by atomic mass is 9.84. The molecule has 4 atom stereocenters. The number of carbonyl (C=O) groups excluding carboxylic acids is 3. The zero-order valence-electron chi connectivity index (χ0n) is 43.7. The van der Waals surface area contributed by atoms with Crippen molar-refractivity contribution >= 4 is 57.1 Å². The van der Waals surface area contributed by atoms with Gasteiger partial charge in [0.15, 0.2) is 0 Å². The first-order chi connectivity index (χ1) is 32.5. The maximum absolute atomic E-state index is 14.2. The van der Waals surface area contributed by atoms with Crippen molar-refractivity contribution < 1.29 is 23.9 Å². The summed E-state index contributed by atoms with van der Waals surface area (Å²) in [5.41, 5.74) is 13.3. The van der Waals surface area contributed by atoms with Crippen molar-refractivity contribution in [3.63, 3.8) is 0 Å². The molecule has 3 N–H and O–H groups in total. The van der Waals surface area contributed by atoms with E-state index in [1.807, 2.05) is 32.1 Å². The number of amides is 1. The summed E-state index contributed by atoms with van der Waals surface area (Å²) in [7, 11) is 1.36. The Hall–Kier alpha value is -5.25. The maximum atomic E-state index is 14.2. The summed E-state index contributed by atoms with van der Waals surface area (Å²) in [4.78, 5) is 59.1. The van der Waals surface area contributed by atoms with Crippen molar-refractivity contribution in [1.29, 1.82) is 0 Å². The fourth-order valence-electron chi connectivity index (χ4n) is 10.1. The van der Waals surface area contributed by atoms with E-state index in [0.29, 0.717) is 52.7 Å². The highest BCUT2D eigenvalue weighted by molar-refractivity contribution is 6.27. The predicted molar refractivity (Wildman–Crippen MR) is 281 cm³/mol. The number of carbonyl (C=O) groups is 3. The van der Waals surface area contributed by atoms with Gasteiger partial charge < -0.3 is 24.8 Å². The summed E-state index contributed by atoms with van der Waals surface area (Å²) in [6.45, 7) is 28.8. The molecule has 3 aromatic heterocycles. The number of fused-ring (bicyclic) bond motifs is 8. The molecular weight excluding hydrogens is 847 g/mol. The van der Waals surface area contributed by atoms with Crippen molar-refractivity contribution in [3.05, 3.63) is 87.0 Å². The molecule has 370 valence electrons. The first-order valence-corrected chi connectivity index (χ1v) is 25.8. The Morgan fingerprint density at radius 3 is 2.13 bits per heavy atom. The van der Waals surface area contributed by atoms with Gasteiger partial charge >= 0.3 is 11.9 Å². The SMILES string of the molecule is C=Cc1c(C)c2cc3nc(c(CC(=O)OC)c4nc(cc5[nH]c(cc1[nH]2)c(C)c5CC)C(C)=C4C(=O)NCCC)C(CCC(=O)OC/C=C(\C)CCCC(C)CCCC(C)CCCC(C)C)C3C. The van der Waals surface area contributed by atoms with Crippen LogP contribution in [0.1, 0.15) is 202 Å². The minimum atomic E-state index is -0.477. The van der Waals surface area contributed by atoms with Crippen LogP contribution in [-0.2, 0) is 36.7 Å². The molecule has 0 fully saturated rings. The second-order valence-electron chi connectivity index (χ2n) is 20.3. The zero-order chi connectivity index (χ0) is 49.7. The third kappa shape index (κ3) is 13.7. The minimum absolute atomic E-state index is 0.152. The van der Waals surface area contributed by atoms with Crippen LogP contribution in [0.4, 0.5) is 0 Å². The molecule has 0 saturated carbocycles. The van der Waals surface area contributed by atoms with Crippen LogP contribution >= 0.6 is 0 Å². The Kier molecular flexibility index (Phi) is 20.0. The maximum Gasteiger partial charge on any atom is 0.310 e. The predicted octanol–water partition coefficient (Wildman–Crippen LogP) is 13.9. The van der Waals surface area contributed by atoms with E-state index in [1.165, 1.54) is 57.6 Å². The van der Waals surface area contributed by atoms with Crippen molar-refractivity contribution in [1.82, 2.24) is 25.3 Å². The number of hydrogen-bond acceptors (Lipinski definition) is 7. The number of ether oxygens (including phenoxy) is 2. The summed E-state index contributed by atoms with van der Waals surface area (Å²) < 4.78 is 11.1. The number of nitrogens with zero attached hydrogens (tertiary/aromatic N) is 2. The molecule has 5 heterocycles. The molecule has 0 saturated heterocycles. The molecule has 5 rings (SSSR count). The largest absolute Gasteiger partial charge is 0.469 e. The number of aromatic nitrogens is 4. The van der Waals surface area contributed by atoms with E-state index in [0.717, 1.165) is 87.5 Å². The number of aryl methyl sites for hydroxylation is 3. The molecule has 10 nitrogen and oxygen atoms in total. The first kappa shape index (κ1) is 53.7. The molecule has 8 bridgehead atoms. The quantitative estimate of drug-likeness (QED) is 0.0600. The second kappa shape index (κ2) is 25.4. The highest BCUT2D eigenvalue weighted by Gasteiger charge is 2.36. The molecule has 0 aliphatic carbocycles. The van der Waals surface area contributed by atoms with E-state index in [9.17, 15) is 14.4 Å². The van der Waals surface area contributed by atoms with Crippen LogP contribution < -0.4 is 5.32 Å². The third-order valence-electron chi connectivity index (χ3n) is 14.5. The smallest absolute Gasteiger partial charge is 0.310 e. The fraction of sp³-hybridized carbons (Fsp3) is 0.569. The lowest BCUT2D eigenvalue weighted by Crippen LogP contribution is -2.26. The minimum Gasteiger partial charge on any atom is -0.469 e. The van der Waals surface area contributed by atoms with Gasteiger partial charge in [-0.2, -0.15) is 0 Å². The summed E-state index contributed by atoms with van der Waals surface area (Å²) >= 11 is 0. The second-order valence-corrected chi connectivity index (χ2v) is 20.3. The monoisotopic (exact) mass is 930 g/mol. The van der Waals surface area contributed by atoms with Crippen LogP contribution in [0.25, 0.3) is 39.3 Å². The van der Waals surface area contributed by atoms with Gasteiger partial charge in [0.2, 0.25) is 0 Å². The van der Waals surface area contributed by atoms with Gasteiger partial charge in [-0.15, -0.1) is 0 Å². The van der Waals surface area contributed by atoms with Crippen LogP contribution in [-0.4, -0.2) is 58.0 Å². The number of rotatable bonds is 24. The van der Waals surface area contributed by atoms with Crippen molar-refractivity contribution in [2.45, 2.75) is 178 Å². The van der Waals surface area contributed by atoms with E-state index in [4.69, 9.17) is 19.4 Å². The van der Waals surface area contributed by atoms with Crippen LogP contribution in [0.3, 0.4) is 0 Å². The summed E-state index contributed by atoms with van der Waals surface area (Å²) in [5, 5.41) is 3.08. The molecular formula is C58H83N5O5. The Labute approximate surface area is 407 Å². The van der Waals surface area contributed by atoms with Crippen molar-refractivity contribution in [2.24, 2.45) is 17.8 Å². The van der Waals surface area contributed by atoms with Gasteiger partial charge in [0.1, 0.15) is 6.61 Å². The average Bonchev–Trinajstić information content (AvgIpc) is 3.98. The average molecular weight is 930 g/mol. The Balaban J connectivity index is 1.45. The molecule has 0 aromatic carbocycles. The molecule has 68 heavy (non-hydrogen) atoms. The van der Waals surface area contributed by atoms with Crippen LogP contribution in [0, 0.1) is 31.6 Å². The van der Waals surface area contributed by atoms with Crippen LogP contribution in [0.5, 0.6) is 0 Å². The summed E-state index contributed by atoms with van der Waals surface area (Å²) in [6, 6.07) is 6.20. The molecule has 4 unspecified atom stereocenters. The number of aromatic amines is 2. The molecule has 3 aromatic rings. The Morgan fingerprint density at radius 1 is 0.824 bits per heavy atom. The number of methoxy groups -OCH3 is 1. The van der Waals surface area contributed by atoms with E-state index < -0.39 is 5.97 Å². The molecule has 2 aliphatic heterocycles. The molecule has 0 radical (unpaired) electrons. The number of H-pyrrole nitrogens is 2. The fourth-order valence-corrected chi connectivity index (χ4v) is 10.1. The normalized spacial score (nSPS) is 16.0.